The van der Waals surface area contributed by atoms with E-state index in [4.69, 9.17) is 9.47 Å². The van der Waals surface area contributed by atoms with Crippen molar-refractivity contribution in [3.63, 3.8) is 0 Å². The normalized spacial score (nSPS) is 19.9. The van der Waals surface area contributed by atoms with Gasteiger partial charge in [0, 0.05) is 38.0 Å². The molecule has 0 atom stereocenters. The average Bonchev–Trinajstić information content (AvgIpc) is 2.25. The van der Waals surface area contributed by atoms with Crippen LogP contribution in [0.3, 0.4) is 0 Å². The summed E-state index contributed by atoms with van der Waals surface area (Å²) in [7, 11) is 0. The molecule has 0 aromatic carbocycles. The lowest BCUT2D eigenvalue weighted by Gasteiger charge is -2.45. The highest BCUT2D eigenvalue weighted by Crippen LogP contribution is 2.38. The third kappa shape index (κ3) is 4.66. The molecule has 0 spiro atoms. The van der Waals surface area contributed by atoms with Crippen molar-refractivity contribution < 1.29 is 19.4 Å². The first-order chi connectivity index (χ1) is 8.56. The molecule has 1 heterocycles. The summed E-state index contributed by atoms with van der Waals surface area (Å²) in [6.45, 7) is 10.9. The number of alkyl carbamates (subject to hydrolysis) is 1. The fourth-order valence-corrected chi connectivity index (χ4v) is 2.16. The largest absolute Gasteiger partial charge is 0.444 e. The molecule has 1 rings (SSSR count). The van der Waals surface area contributed by atoms with Crippen LogP contribution >= 0.6 is 0 Å². The summed E-state index contributed by atoms with van der Waals surface area (Å²) in [4.78, 5) is 11.7. The third-order valence-electron chi connectivity index (χ3n) is 3.65. The minimum atomic E-state index is -0.805. The Hall–Kier alpha value is -0.810. The zero-order valence-electron chi connectivity index (χ0n) is 12.7. The van der Waals surface area contributed by atoms with Gasteiger partial charge < -0.3 is 19.9 Å². The predicted octanol–water partition coefficient (Wildman–Crippen LogP) is 2.08. The smallest absolute Gasteiger partial charge is 0.407 e. The van der Waals surface area contributed by atoms with Crippen LogP contribution in [0.15, 0.2) is 0 Å². The van der Waals surface area contributed by atoms with Crippen molar-refractivity contribution in [3.8, 4) is 0 Å². The maximum Gasteiger partial charge on any atom is 0.407 e. The Labute approximate surface area is 115 Å². The number of carbonyl (C=O) groups is 1. The van der Waals surface area contributed by atoms with Gasteiger partial charge in [-0.15, -0.1) is 0 Å². The fraction of sp³-hybridized carbons (Fsp3) is 0.929. The number of aliphatic hydroxyl groups is 1. The Kier molecular flexibility index (Phi) is 4.85. The van der Waals surface area contributed by atoms with Gasteiger partial charge in [0.2, 0.25) is 0 Å². The van der Waals surface area contributed by atoms with Crippen LogP contribution in [0.25, 0.3) is 0 Å². The molecule has 0 aromatic heterocycles. The van der Waals surface area contributed by atoms with Crippen LogP contribution in [-0.4, -0.2) is 42.2 Å². The van der Waals surface area contributed by atoms with E-state index in [9.17, 15) is 9.90 Å². The van der Waals surface area contributed by atoms with E-state index in [2.05, 4.69) is 5.32 Å². The van der Waals surface area contributed by atoms with Gasteiger partial charge in [0.05, 0.1) is 5.60 Å². The van der Waals surface area contributed by atoms with Crippen LogP contribution in [0.5, 0.6) is 0 Å². The molecule has 0 radical (unpaired) electrons. The Bertz CT molecular complexity index is 314. The number of nitrogens with one attached hydrogen (secondary N) is 1. The molecule has 112 valence electrons. The number of hydrogen-bond acceptors (Lipinski definition) is 4. The van der Waals surface area contributed by atoms with E-state index in [0.717, 1.165) is 0 Å². The molecule has 0 unspecified atom stereocenters. The number of amides is 1. The lowest BCUT2D eigenvalue weighted by atomic mass is 9.70. The minimum absolute atomic E-state index is 0.373. The third-order valence-corrected chi connectivity index (χ3v) is 3.65. The van der Waals surface area contributed by atoms with Crippen molar-refractivity contribution in [2.75, 3.05) is 19.8 Å². The van der Waals surface area contributed by atoms with E-state index in [0.29, 0.717) is 32.6 Å². The molecule has 1 amide bonds. The second kappa shape index (κ2) is 5.67. The van der Waals surface area contributed by atoms with Crippen molar-refractivity contribution in [1.82, 2.24) is 5.32 Å². The Balaban J connectivity index is 2.52. The van der Waals surface area contributed by atoms with Gasteiger partial charge >= 0.3 is 6.09 Å². The van der Waals surface area contributed by atoms with Crippen molar-refractivity contribution in [2.24, 2.45) is 5.41 Å². The summed E-state index contributed by atoms with van der Waals surface area (Å²) in [5.74, 6) is 0. The number of ether oxygens (including phenoxy) is 2. The standard InChI is InChI=1S/C14H27NO4/c1-12(2,3)19-11(16)15-10-13(4,5)14(17)6-8-18-9-7-14/h17H,6-10H2,1-5H3,(H,15,16). The summed E-state index contributed by atoms with van der Waals surface area (Å²) in [5, 5.41) is 13.4. The summed E-state index contributed by atoms with van der Waals surface area (Å²) >= 11 is 0. The topological polar surface area (TPSA) is 67.8 Å². The predicted molar refractivity (Wildman–Crippen MR) is 73.0 cm³/mol. The zero-order chi connectivity index (χ0) is 14.7. The molecule has 0 saturated carbocycles. The van der Waals surface area contributed by atoms with Gasteiger partial charge in [0.15, 0.2) is 0 Å². The van der Waals surface area contributed by atoms with Crippen LogP contribution < -0.4 is 5.32 Å². The highest BCUT2D eigenvalue weighted by atomic mass is 16.6. The maximum atomic E-state index is 11.7. The molecule has 1 fully saturated rings. The molecular weight excluding hydrogens is 246 g/mol. The van der Waals surface area contributed by atoms with E-state index in [1.807, 2.05) is 34.6 Å². The molecule has 0 bridgehead atoms. The maximum absolute atomic E-state index is 11.7. The van der Waals surface area contributed by atoms with Gasteiger partial charge in [-0.25, -0.2) is 4.79 Å². The quantitative estimate of drug-likeness (QED) is 0.826. The van der Waals surface area contributed by atoms with Gasteiger partial charge in [-0.1, -0.05) is 13.8 Å². The Morgan fingerprint density at radius 3 is 2.26 bits per heavy atom. The Morgan fingerprint density at radius 1 is 1.26 bits per heavy atom. The molecular formula is C14H27NO4. The van der Waals surface area contributed by atoms with Gasteiger partial charge in [-0.05, 0) is 20.8 Å². The molecule has 1 aliphatic rings. The molecule has 5 heteroatoms. The summed E-state index contributed by atoms with van der Waals surface area (Å²) in [6.07, 6.45) is 0.739. The van der Waals surface area contributed by atoms with Crippen LogP contribution in [0.1, 0.15) is 47.5 Å². The zero-order valence-corrected chi connectivity index (χ0v) is 12.7. The van der Waals surface area contributed by atoms with Crippen LogP contribution in [-0.2, 0) is 9.47 Å². The van der Waals surface area contributed by atoms with E-state index in [1.165, 1.54) is 0 Å². The highest BCUT2D eigenvalue weighted by molar-refractivity contribution is 5.67. The molecule has 0 aromatic rings. The first kappa shape index (κ1) is 16.2. The molecule has 0 aliphatic carbocycles. The summed E-state index contributed by atoms with van der Waals surface area (Å²) in [5.41, 5.74) is -1.74. The summed E-state index contributed by atoms with van der Waals surface area (Å²) < 4.78 is 10.5. The second-order valence-electron chi connectivity index (χ2n) is 6.88. The fourth-order valence-electron chi connectivity index (χ4n) is 2.16. The molecule has 2 N–H and O–H groups in total. The Morgan fingerprint density at radius 2 is 1.79 bits per heavy atom. The van der Waals surface area contributed by atoms with Crippen molar-refractivity contribution >= 4 is 6.09 Å². The van der Waals surface area contributed by atoms with E-state index < -0.39 is 22.7 Å². The number of rotatable bonds is 3. The van der Waals surface area contributed by atoms with Crippen molar-refractivity contribution in [1.29, 1.82) is 0 Å². The average molecular weight is 273 g/mol. The molecule has 1 aliphatic heterocycles. The van der Waals surface area contributed by atoms with Crippen molar-refractivity contribution in [2.45, 2.75) is 58.7 Å². The van der Waals surface area contributed by atoms with Crippen LogP contribution in [0.4, 0.5) is 4.79 Å². The number of hydrogen-bond donors (Lipinski definition) is 2. The van der Waals surface area contributed by atoms with Gasteiger partial charge in [0.1, 0.15) is 5.60 Å². The monoisotopic (exact) mass is 273 g/mol. The summed E-state index contributed by atoms with van der Waals surface area (Å²) in [6, 6.07) is 0. The first-order valence-electron chi connectivity index (χ1n) is 6.83. The van der Waals surface area contributed by atoms with E-state index >= 15 is 0 Å². The number of carbonyl (C=O) groups excluding carboxylic acids is 1. The van der Waals surface area contributed by atoms with Crippen molar-refractivity contribution in [3.05, 3.63) is 0 Å². The highest BCUT2D eigenvalue weighted by Gasteiger charge is 2.44. The second-order valence-corrected chi connectivity index (χ2v) is 6.88. The van der Waals surface area contributed by atoms with Crippen LogP contribution in [0.2, 0.25) is 0 Å². The van der Waals surface area contributed by atoms with Gasteiger partial charge in [-0.2, -0.15) is 0 Å². The SMILES string of the molecule is CC(C)(C)OC(=O)NCC(C)(C)C1(O)CCOCC1. The van der Waals surface area contributed by atoms with E-state index in [-0.39, 0.29) is 0 Å². The first-order valence-corrected chi connectivity index (χ1v) is 6.83. The molecule has 19 heavy (non-hydrogen) atoms. The van der Waals surface area contributed by atoms with E-state index in [1.54, 1.807) is 0 Å². The lowest BCUT2D eigenvalue weighted by Crippen LogP contribution is -2.54. The molecule has 1 saturated heterocycles. The van der Waals surface area contributed by atoms with Gasteiger partial charge in [0.25, 0.3) is 0 Å². The van der Waals surface area contributed by atoms with Crippen LogP contribution in [0, 0.1) is 5.41 Å². The lowest BCUT2D eigenvalue weighted by molar-refractivity contribution is -0.130. The minimum Gasteiger partial charge on any atom is -0.444 e. The van der Waals surface area contributed by atoms with Gasteiger partial charge in [-0.3, -0.25) is 0 Å². The molecule has 5 nitrogen and oxygen atoms in total.